The third-order valence-corrected chi connectivity index (χ3v) is 8.30. The normalized spacial score (nSPS) is 49.7. The molecule has 4 saturated heterocycles. The van der Waals surface area contributed by atoms with Gasteiger partial charge in [-0.1, -0.05) is 11.6 Å². The van der Waals surface area contributed by atoms with Gasteiger partial charge in [0.05, 0.1) is 19.3 Å². The first-order chi connectivity index (χ1) is 12.1. The van der Waals surface area contributed by atoms with Crippen molar-refractivity contribution in [2.45, 2.75) is 49.4 Å². The van der Waals surface area contributed by atoms with E-state index in [1.165, 1.54) is 17.7 Å². The fourth-order valence-corrected chi connectivity index (χ4v) is 7.50. The number of piperidine rings is 4. The van der Waals surface area contributed by atoms with Crippen LogP contribution < -0.4 is 9.64 Å². The zero-order chi connectivity index (χ0) is 17.1. The molecule has 6 aliphatic rings. The number of fused-ring (bicyclic) bond motifs is 2. The van der Waals surface area contributed by atoms with Crippen molar-refractivity contribution >= 4 is 5.69 Å². The standard InChI is InChI=1S/C21H26N2O2/c1-4-11-10-23-16-8-13(11)18-17(23)9-21(20(18)24)14-7-12(25-3)5-6-15(14)22(2)19(16)21/h4-7,13,16-20,24H,8-10H2,1-3H3/t13-,16-,17-,18-,19-,20-,21+/m1/s1. The molecule has 1 saturated carbocycles. The molecule has 5 heterocycles. The van der Waals surface area contributed by atoms with Crippen molar-refractivity contribution in [3.05, 3.63) is 35.4 Å². The summed E-state index contributed by atoms with van der Waals surface area (Å²) in [7, 11) is 3.97. The first-order valence-electron chi connectivity index (χ1n) is 9.62. The van der Waals surface area contributed by atoms with Crippen LogP contribution in [-0.4, -0.2) is 54.9 Å². The molecule has 0 radical (unpaired) electrons. The molecule has 1 aliphatic carbocycles. The van der Waals surface area contributed by atoms with Crippen molar-refractivity contribution in [3.63, 3.8) is 0 Å². The van der Waals surface area contributed by atoms with E-state index in [2.05, 4.69) is 48.0 Å². The molecule has 0 amide bonds. The fourth-order valence-electron chi connectivity index (χ4n) is 7.50. The first-order valence-corrected chi connectivity index (χ1v) is 9.62. The summed E-state index contributed by atoms with van der Waals surface area (Å²) < 4.78 is 5.53. The monoisotopic (exact) mass is 338 g/mol. The van der Waals surface area contributed by atoms with Crippen LogP contribution in [0.5, 0.6) is 5.75 Å². The topological polar surface area (TPSA) is 35.9 Å². The van der Waals surface area contributed by atoms with Crippen molar-refractivity contribution in [2.75, 3.05) is 25.6 Å². The molecule has 1 aromatic carbocycles. The smallest absolute Gasteiger partial charge is 0.119 e. The Morgan fingerprint density at radius 2 is 2.16 bits per heavy atom. The van der Waals surface area contributed by atoms with E-state index >= 15 is 0 Å². The van der Waals surface area contributed by atoms with Crippen LogP contribution in [0.2, 0.25) is 0 Å². The van der Waals surface area contributed by atoms with E-state index in [0.717, 1.165) is 18.7 Å². The molecule has 5 fully saturated rings. The average molecular weight is 338 g/mol. The second-order valence-electron chi connectivity index (χ2n) is 8.72. The van der Waals surface area contributed by atoms with Crippen LogP contribution in [0.3, 0.4) is 0 Å². The molecule has 7 rings (SSSR count). The summed E-state index contributed by atoms with van der Waals surface area (Å²) in [6.45, 7) is 3.28. The molecular weight excluding hydrogens is 312 g/mol. The average Bonchev–Trinajstić information content (AvgIpc) is 3.03. The second kappa shape index (κ2) is 4.41. The zero-order valence-electron chi connectivity index (χ0n) is 15.1. The molecule has 8 atom stereocenters. The minimum atomic E-state index is -0.256. The van der Waals surface area contributed by atoms with Gasteiger partial charge in [-0.15, -0.1) is 0 Å². The molecule has 1 N–H and O–H groups in total. The Kier molecular flexibility index (Phi) is 2.58. The largest absolute Gasteiger partial charge is 0.497 e. The Morgan fingerprint density at radius 1 is 1.32 bits per heavy atom. The van der Waals surface area contributed by atoms with Crippen LogP contribution in [0, 0.1) is 11.8 Å². The minimum Gasteiger partial charge on any atom is -0.497 e. The van der Waals surface area contributed by atoms with Gasteiger partial charge in [0.25, 0.3) is 0 Å². The number of benzene rings is 1. The van der Waals surface area contributed by atoms with E-state index < -0.39 is 0 Å². The van der Waals surface area contributed by atoms with E-state index in [4.69, 9.17) is 4.74 Å². The molecule has 5 bridgehead atoms. The number of ether oxygens (including phenoxy) is 1. The first kappa shape index (κ1) is 14.6. The third kappa shape index (κ3) is 1.39. The van der Waals surface area contributed by atoms with E-state index in [0.29, 0.717) is 30.0 Å². The number of hydrogen-bond acceptors (Lipinski definition) is 4. The van der Waals surface area contributed by atoms with Crippen molar-refractivity contribution in [3.8, 4) is 5.75 Å². The van der Waals surface area contributed by atoms with Gasteiger partial charge in [-0.2, -0.15) is 0 Å². The van der Waals surface area contributed by atoms with Crippen LogP contribution in [0.4, 0.5) is 5.69 Å². The van der Waals surface area contributed by atoms with Gasteiger partial charge in [-0.05, 0) is 49.4 Å². The van der Waals surface area contributed by atoms with Crippen molar-refractivity contribution in [2.24, 2.45) is 11.8 Å². The molecule has 1 aromatic rings. The number of aliphatic hydroxyl groups is 1. The lowest BCUT2D eigenvalue weighted by Gasteiger charge is -2.58. The van der Waals surface area contributed by atoms with E-state index in [-0.39, 0.29) is 11.5 Å². The van der Waals surface area contributed by atoms with E-state index in [1.807, 2.05) is 0 Å². The van der Waals surface area contributed by atoms with Gasteiger partial charge in [0.2, 0.25) is 0 Å². The number of likely N-dealkylation sites (N-methyl/N-ethyl adjacent to an activating group) is 1. The van der Waals surface area contributed by atoms with Gasteiger partial charge >= 0.3 is 0 Å². The fraction of sp³-hybridized carbons (Fsp3) is 0.619. The summed E-state index contributed by atoms with van der Waals surface area (Å²) in [5.74, 6) is 1.88. The lowest BCUT2D eigenvalue weighted by atomic mass is 9.65. The van der Waals surface area contributed by atoms with Gasteiger partial charge in [0, 0.05) is 42.7 Å². The lowest BCUT2D eigenvalue weighted by molar-refractivity contribution is -0.0345. The maximum atomic E-state index is 11.7. The minimum absolute atomic E-state index is 0.118. The van der Waals surface area contributed by atoms with E-state index in [1.54, 1.807) is 12.7 Å². The summed E-state index contributed by atoms with van der Waals surface area (Å²) in [5, 5.41) is 11.7. The van der Waals surface area contributed by atoms with Gasteiger partial charge in [0.1, 0.15) is 5.75 Å². The molecule has 4 heteroatoms. The van der Waals surface area contributed by atoms with Crippen LogP contribution in [0.1, 0.15) is 25.3 Å². The number of nitrogens with zero attached hydrogens (tertiary/aromatic N) is 2. The molecule has 1 spiro atoms. The maximum absolute atomic E-state index is 11.7. The van der Waals surface area contributed by atoms with Gasteiger partial charge in [-0.3, -0.25) is 4.90 Å². The molecule has 25 heavy (non-hydrogen) atoms. The molecule has 132 valence electrons. The highest BCUT2D eigenvalue weighted by molar-refractivity contribution is 5.69. The van der Waals surface area contributed by atoms with Gasteiger partial charge in [0.15, 0.2) is 0 Å². The number of methoxy groups -OCH3 is 1. The third-order valence-electron chi connectivity index (χ3n) is 8.30. The summed E-state index contributed by atoms with van der Waals surface area (Å²) in [6.07, 6.45) is 4.36. The van der Waals surface area contributed by atoms with Crippen LogP contribution >= 0.6 is 0 Å². The number of hydrogen-bond donors (Lipinski definition) is 1. The SMILES string of the molecule is CC=C1CN2[C@@H]3C[C@]45c6cc(OC)ccc6N(C)[C@@H]4[C@H]2C[C@H]1[C@H]3[C@H]5O. The van der Waals surface area contributed by atoms with Crippen molar-refractivity contribution in [1.29, 1.82) is 0 Å². The molecule has 1 unspecified atom stereocenters. The van der Waals surface area contributed by atoms with Crippen molar-refractivity contribution in [1.82, 2.24) is 4.90 Å². The second-order valence-corrected chi connectivity index (χ2v) is 8.72. The van der Waals surface area contributed by atoms with Crippen LogP contribution in [0.15, 0.2) is 29.8 Å². The van der Waals surface area contributed by atoms with Crippen molar-refractivity contribution < 1.29 is 9.84 Å². The predicted octanol–water partition coefficient (Wildman–Crippen LogP) is 2.16. The van der Waals surface area contributed by atoms with Gasteiger partial charge < -0.3 is 14.7 Å². The van der Waals surface area contributed by atoms with Crippen LogP contribution in [-0.2, 0) is 5.41 Å². The number of aliphatic hydroxyl groups excluding tert-OH is 1. The Bertz CT molecular complexity index is 805. The summed E-state index contributed by atoms with van der Waals surface area (Å²) in [5.41, 5.74) is 4.06. The van der Waals surface area contributed by atoms with E-state index in [9.17, 15) is 5.11 Å². The summed E-state index contributed by atoms with van der Waals surface area (Å²) in [6, 6.07) is 7.95. The molecule has 4 nitrogen and oxygen atoms in total. The molecular formula is C21H26N2O2. The number of allylic oxidation sites excluding steroid dienone is 1. The summed E-state index contributed by atoms with van der Waals surface area (Å²) in [4.78, 5) is 5.20. The predicted molar refractivity (Wildman–Crippen MR) is 97.1 cm³/mol. The Morgan fingerprint density at radius 3 is 2.92 bits per heavy atom. The Labute approximate surface area is 149 Å². The highest BCUT2D eigenvalue weighted by Gasteiger charge is 2.74. The Hall–Kier alpha value is -1.52. The summed E-state index contributed by atoms with van der Waals surface area (Å²) >= 11 is 0. The number of anilines is 1. The quantitative estimate of drug-likeness (QED) is 0.796. The lowest BCUT2D eigenvalue weighted by Crippen LogP contribution is -2.68. The number of rotatable bonds is 1. The maximum Gasteiger partial charge on any atom is 0.119 e. The highest BCUT2D eigenvalue weighted by atomic mass is 16.5. The van der Waals surface area contributed by atoms with Gasteiger partial charge in [-0.25, -0.2) is 0 Å². The molecule has 0 aromatic heterocycles. The molecule has 5 aliphatic heterocycles. The van der Waals surface area contributed by atoms with Crippen LogP contribution in [0.25, 0.3) is 0 Å². The zero-order valence-corrected chi connectivity index (χ0v) is 15.1. The highest BCUT2D eigenvalue weighted by Crippen LogP contribution is 2.68. The Balaban J connectivity index is 1.59.